The molecular formula is C21H21F2N3O2. The molecule has 2 aromatic rings. The third-order valence-electron chi connectivity index (χ3n) is 5.69. The lowest BCUT2D eigenvalue weighted by molar-refractivity contribution is -0.122. The van der Waals surface area contributed by atoms with Gasteiger partial charge in [-0.3, -0.25) is 14.6 Å². The minimum atomic E-state index is -0.730. The smallest absolute Gasteiger partial charge is 0.255 e. The van der Waals surface area contributed by atoms with Gasteiger partial charge in [-0.1, -0.05) is 6.42 Å². The molecule has 4 rings (SSSR count). The van der Waals surface area contributed by atoms with Crippen molar-refractivity contribution in [3.05, 3.63) is 65.5 Å². The summed E-state index contributed by atoms with van der Waals surface area (Å²) >= 11 is 0. The second kappa shape index (κ2) is 7.30. The maximum Gasteiger partial charge on any atom is 0.255 e. The summed E-state index contributed by atoms with van der Waals surface area (Å²) in [6.07, 6.45) is 5.72. The molecule has 1 spiro atoms. The van der Waals surface area contributed by atoms with Crippen molar-refractivity contribution < 1.29 is 18.4 Å². The molecule has 1 N–H and O–H groups in total. The Bertz CT molecular complexity index is 886. The molecule has 2 aliphatic rings. The normalized spacial score (nSPS) is 24.9. The van der Waals surface area contributed by atoms with E-state index in [1.54, 1.807) is 23.2 Å². The Morgan fingerprint density at radius 1 is 1.21 bits per heavy atom. The number of aromatic nitrogens is 1. The van der Waals surface area contributed by atoms with E-state index in [2.05, 4.69) is 10.3 Å². The third-order valence-corrected chi connectivity index (χ3v) is 5.69. The fourth-order valence-corrected chi connectivity index (χ4v) is 4.45. The largest absolute Gasteiger partial charge is 0.348 e. The van der Waals surface area contributed by atoms with Gasteiger partial charge in [0.2, 0.25) is 5.91 Å². The van der Waals surface area contributed by atoms with E-state index in [0.29, 0.717) is 30.5 Å². The lowest BCUT2D eigenvalue weighted by atomic mass is 9.79. The van der Waals surface area contributed by atoms with Crippen LogP contribution in [0.25, 0.3) is 0 Å². The molecule has 0 unspecified atom stereocenters. The average Bonchev–Trinajstić information content (AvgIpc) is 2.92. The SMILES string of the molecule is O=C1CCCC[C@]2(CN(C(=O)c3cccnc3)C[C@H]2c2cc(F)cc(F)c2)N1. The second-order valence-corrected chi connectivity index (χ2v) is 7.59. The molecule has 28 heavy (non-hydrogen) atoms. The molecule has 7 heteroatoms. The first-order chi connectivity index (χ1) is 13.5. The fourth-order valence-electron chi connectivity index (χ4n) is 4.45. The number of pyridine rings is 1. The van der Waals surface area contributed by atoms with E-state index in [1.165, 1.54) is 18.3 Å². The van der Waals surface area contributed by atoms with Crippen molar-refractivity contribution in [2.45, 2.75) is 37.1 Å². The Labute approximate surface area is 161 Å². The van der Waals surface area contributed by atoms with Crippen molar-refractivity contribution in [2.24, 2.45) is 0 Å². The van der Waals surface area contributed by atoms with E-state index >= 15 is 0 Å². The number of hydrogen-bond donors (Lipinski definition) is 1. The van der Waals surface area contributed by atoms with Crippen molar-refractivity contribution in [3.8, 4) is 0 Å². The van der Waals surface area contributed by atoms with E-state index in [1.807, 2.05) is 0 Å². The molecule has 2 atom stereocenters. The quantitative estimate of drug-likeness (QED) is 0.864. The highest BCUT2D eigenvalue weighted by atomic mass is 19.1. The molecule has 3 heterocycles. The van der Waals surface area contributed by atoms with Crippen LogP contribution in [0.2, 0.25) is 0 Å². The lowest BCUT2D eigenvalue weighted by Gasteiger charge is -2.34. The molecule has 1 aromatic heterocycles. The number of likely N-dealkylation sites (tertiary alicyclic amines) is 1. The zero-order valence-corrected chi connectivity index (χ0v) is 15.3. The van der Waals surface area contributed by atoms with Gasteiger partial charge in [0.25, 0.3) is 5.91 Å². The molecule has 2 fully saturated rings. The summed E-state index contributed by atoms with van der Waals surface area (Å²) in [5.74, 6) is -2.01. The van der Waals surface area contributed by atoms with Gasteiger partial charge in [0.1, 0.15) is 11.6 Å². The van der Waals surface area contributed by atoms with Crippen molar-refractivity contribution >= 4 is 11.8 Å². The molecule has 0 saturated carbocycles. The molecule has 146 valence electrons. The summed E-state index contributed by atoms with van der Waals surface area (Å²) in [6.45, 7) is 0.576. The number of nitrogens with one attached hydrogen (secondary N) is 1. The van der Waals surface area contributed by atoms with Gasteiger partial charge in [-0.2, -0.15) is 0 Å². The van der Waals surface area contributed by atoms with Crippen molar-refractivity contribution in [2.75, 3.05) is 13.1 Å². The molecule has 1 aromatic carbocycles. The van der Waals surface area contributed by atoms with Crippen LogP contribution in [0.5, 0.6) is 0 Å². The first-order valence-electron chi connectivity index (χ1n) is 9.43. The zero-order chi connectivity index (χ0) is 19.7. The van der Waals surface area contributed by atoms with Gasteiger partial charge in [-0.15, -0.1) is 0 Å². The summed E-state index contributed by atoms with van der Waals surface area (Å²) in [6, 6.07) is 6.79. The highest BCUT2D eigenvalue weighted by Crippen LogP contribution is 2.41. The number of benzene rings is 1. The number of carbonyl (C=O) groups excluding carboxylic acids is 2. The first kappa shape index (κ1) is 18.5. The topological polar surface area (TPSA) is 62.3 Å². The number of amides is 2. The number of nitrogens with zero attached hydrogens (tertiary/aromatic N) is 2. The van der Waals surface area contributed by atoms with Gasteiger partial charge >= 0.3 is 0 Å². The van der Waals surface area contributed by atoms with Gasteiger partial charge in [-0.25, -0.2) is 8.78 Å². The first-order valence-corrected chi connectivity index (χ1v) is 9.43. The predicted molar refractivity (Wildman–Crippen MR) is 98.6 cm³/mol. The Morgan fingerprint density at radius 2 is 2.00 bits per heavy atom. The van der Waals surface area contributed by atoms with Crippen molar-refractivity contribution in [1.29, 1.82) is 0 Å². The van der Waals surface area contributed by atoms with E-state index < -0.39 is 17.2 Å². The van der Waals surface area contributed by atoms with Gasteiger partial charge in [0.15, 0.2) is 0 Å². The number of hydrogen-bond acceptors (Lipinski definition) is 3. The van der Waals surface area contributed by atoms with E-state index in [4.69, 9.17) is 0 Å². The number of carbonyl (C=O) groups is 2. The summed E-state index contributed by atoms with van der Waals surface area (Å²) in [5.41, 5.74) is 0.177. The van der Waals surface area contributed by atoms with Crippen LogP contribution in [0.4, 0.5) is 8.78 Å². The van der Waals surface area contributed by atoms with Crippen LogP contribution in [0, 0.1) is 11.6 Å². The minimum Gasteiger partial charge on any atom is -0.348 e. The summed E-state index contributed by atoms with van der Waals surface area (Å²) in [7, 11) is 0. The Hall–Kier alpha value is -2.83. The highest BCUT2D eigenvalue weighted by molar-refractivity contribution is 5.94. The summed E-state index contributed by atoms with van der Waals surface area (Å²) in [5, 5.41) is 3.08. The Kier molecular flexibility index (Phi) is 4.83. The zero-order valence-electron chi connectivity index (χ0n) is 15.3. The van der Waals surface area contributed by atoms with E-state index in [0.717, 1.165) is 18.9 Å². The van der Waals surface area contributed by atoms with Gasteiger partial charge in [-0.05, 0) is 42.7 Å². The Morgan fingerprint density at radius 3 is 2.71 bits per heavy atom. The molecule has 0 radical (unpaired) electrons. The standard InChI is InChI=1S/C21H21F2N3O2/c22-16-8-15(9-17(23)10-16)18-12-26(20(28)14-4-3-7-24-11-14)13-21(18)6-2-1-5-19(27)25-21/h3-4,7-11,18H,1-2,5-6,12-13H2,(H,25,27)/t18-,21+/m0/s1. The Balaban J connectivity index is 1.72. The van der Waals surface area contributed by atoms with Crippen LogP contribution in [0.1, 0.15) is 47.5 Å². The molecule has 2 aliphatic heterocycles. The molecule has 5 nitrogen and oxygen atoms in total. The summed E-state index contributed by atoms with van der Waals surface area (Å²) in [4.78, 5) is 30.9. The van der Waals surface area contributed by atoms with Crippen LogP contribution in [0.3, 0.4) is 0 Å². The van der Waals surface area contributed by atoms with E-state index in [-0.39, 0.29) is 24.3 Å². The fraction of sp³-hybridized carbons (Fsp3) is 0.381. The molecule has 0 bridgehead atoms. The average molecular weight is 385 g/mol. The highest BCUT2D eigenvalue weighted by Gasteiger charge is 2.50. The van der Waals surface area contributed by atoms with Crippen LogP contribution >= 0.6 is 0 Å². The van der Waals surface area contributed by atoms with Gasteiger partial charge < -0.3 is 10.2 Å². The van der Waals surface area contributed by atoms with Crippen LogP contribution in [0.15, 0.2) is 42.7 Å². The number of rotatable bonds is 2. The molecule has 0 aliphatic carbocycles. The lowest BCUT2D eigenvalue weighted by Crippen LogP contribution is -2.52. The number of halogens is 2. The molecule has 2 amide bonds. The predicted octanol–water partition coefficient (Wildman–Crippen LogP) is 3.03. The minimum absolute atomic E-state index is 0.0879. The maximum atomic E-state index is 13.9. The summed E-state index contributed by atoms with van der Waals surface area (Å²) < 4.78 is 27.8. The van der Waals surface area contributed by atoms with Crippen molar-refractivity contribution in [3.63, 3.8) is 0 Å². The van der Waals surface area contributed by atoms with Gasteiger partial charge in [0, 0.05) is 43.9 Å². The molecule has 2 saturated heterocycles. The van der Waals surface area contributed by atoms with Crippen LogP contribution < -0.4 is 5.32 Å². The second-order valence-electron chi connectivity index (χ2n) is 7.59. The molecular weight excluding hydrogens is 364 g/mol. The maximum absolute atomic E-state index is 13.9. The van der Waals surface area contributed by atoms with Gasteiger partial charge in [0.05, 0.1) is 11.1 Å². The van der Waals surface area contributed by atoms with Crippen LogP contribution in [-0.2, 0) is 4.79 Å². The third kappa shape index (κ3) is 3.48. The van der Waals surface area contributed by atoms with Crippen LogP contribution in [-0.4, -0.2) is 40.3 Å². The monoisotopic (exact) mass is 385 g/mol. The van der Waals surface area contributed by atoms with Crippen molar-refractivity contribution in [1.82, 2.24) is 15.2 Å². The van der Waals surface area contributed by atoms with E-state index in [9.17, 15) is 18.4 Å².